The summed E-state index contributed by atoms with van der Waals surface area (Å²) in [6.45, 7) is 1.88. The maximum atomic E-state index is 13.4. The minimum atomic E-state index is -0.624. The van der Waals surface area contributed by atoms with Crippen molar-refractivity contribution in [2.24, 2.45) is 0 Å². The number of anilines is 1. The van der Waals surface area contributed by atoms with Gasteiger partial charge in [0, 0.05) is 11.6 Å². The molecule has 0 unspecified atom stereocenters. The first kappa shape index (κ1) is 12.4. The molecule has 0 fully saturated rings. The Hall–Kier alpha value is -2.10. The molecule has 0 atom stereocenters. The number of hydrogen-bond donors (Lipinski definition) is 1. The molecule has 0 bridgehead atoms. The third-order valence-corrected chi connectivity index (χ3v) is 2.68. The summed E-state index contributed by atoms with van der Waals surface area (Å²) in [5, 5.41) is 0. The summed E-state index contributed by atoms with van der Waals surface area (Å²) in [6.07, 6.45) is 0. The van der Waals surface area contributed by atoms with Gasteiger partial charge in [0.2, 0.25) is 0 Å². The molecule has 2 aromatic carbocycles. The molecule has 2 rings (SSSR count). The average molecular weight is 249 g/mol. The molecule has 18 heavy (non-hydrogen) atoms. The maximum Gasteiger partial charge on any atom is 0.142 e. The number of nitrogen functional groups attached to an aromatic ring is 1. The van der Waals surface area contributed by atoms with Gasteiger partial charge in [-0.3, -0.25) is 0 Å². The summed E-state index contributed by atoms with van der Waals surface area (Å²) in [4.78, 5) is 0. The second-order valence-corrected chi connectivity index (χ2v) is 4.01. The third-order valence-electron chi connectivity index (χ3n) is 2.68. The van der Waals surface area contributed by atoms with Crippen LogP contribution in [0.4, 0.5) is 14.5 Å². The standard InChI is InChI=1S/C14H13F2NO/c1-9-3-2-4-13(14(9)17)18-8-10-5-6-11(15)7-12(10)16/h2-7H,8,17H2,1H3. The van der Waals surface area contributed by atoms with Crippen LogP contribution in [0.2, 0.25) is 0 Å². The fourth-order valence-electron chi connectivity index (χ4n) is 1.57. The topological polar surface area (TPSA) is 35.2 Å². The van der Waals surface area contributed by atoms with E-state index in [1.807, 2.05) is 19.1 Å². The molecule has 0 radical (unpaired) electrons. The normalized spacial score (nSPS) is 10.4. The summed E-state index contributed by atoms with van der Waals surface area (Å²) >= 11 is 0. The molecule has 0 heterocycles. The number of aryl methyl sites for hydroxylation is 1. The Balaban J connectivity index is 2.14. The van der Waals surface area contributed by atoms with Crippen LogP contribution in [0.5, 0.6) is 5.75 Å². The largest absolute Gasteiger partial charge is 0.487 e. The van der Waals surface area contributed by atoms with Gasteiger partial charge < -0.3 is 10.5 Å². The number of para-hydroxylation sites is 1. The molecule has 0 aliphatic heterocycles. The smallest absolute Gasteiger partial charge is 0.142 e. The Bertz CT molecular complexity index is 570. The third kappa shape index (κ3) is 2.59. The quantitative estimate of drug-likeness (QED) is 0.846. The van der Waals surface area contributed by atoms with E-state index in [1.54, 1.807) is 6.07 Å². The van der Waals surface area contributed by atoms with Crippen LogP contribution in [0.25, 0.3) is 0 Å². The van der Waals surface area contributed by atoms with Crippen molar-refractivity contribution in [3.05, 3.63) is 59.2 Å². The zero-order chi connectivity index (χ0) is 13.1. The zero-order valence-electron chi connectivity index (χ0n) is 9.91. The lowest BCUT2D eigenvalue weighted by Crippen LogP contribution is -2.02. The highest BCUT2D eigenvalue weighted by Crippen LogP contribution is 2.25. The lowest BCUT2D eigenvalue weighted by Gasteiger charge is -2.11. The molecule has 0 aliphatic rings. The van der Waals surface area contributed by atoms with Crippen molar-refractivity contribution in [3.8, 4) is 5.75 Å². The second-order valence-electron chi connectivity index (χ2n) is 4.01. The number of benzene rings is 2. The summed E-state index contributed by atoms with van der Waals surface area (Å²) in [6, 6.07) is 8.77. The summed E-state index contributed by atoms with van der Waals surface area (Å²) in [5.74, 6) is -0.730. The van der Waals surface area contributed by atoms with Crippen LogP contribution < -0.4 is 10.5 Å². The van der Waals surface area contributed by atoms with Crippen molar-refractivity contribution in [1.82, 2.24) is 0 Å². The highest BCUT2D eigenvalue weighted by Gasteiger charge is 2.07. The second kappa shape index (κ2) is 5.04. The van der Waals surface area contributed by atoms with Crippen LogP contribution in [0.15, 0.2) is 36.4 Å². The molecular weight excluding hydrogens is 236 g/mol. The van der Waals surface area contributed by atoms with Gasteiger partial charge in [0.25, 0.3) is 0 Å². The van der Waals surface area contributed by atoms with Gasteiger partial charge in [0.15, 0.2) is 0 Å². The average Bonchev–Trinajstić information content (AvgIpc) is 2.33. The number of rotatable bonds is 3. The molecule has 0 saturated carbocycles. The molecule has 2 N–H and O–H groups in total. The molecule has 2 aromatic rings. The number of halogens is 2. The first-order valence-electron chi connectivity index (χ1n) is 5.50. The fraction of sp³-hybridized carbons (Fsp3) is 0.143. The van der Waals surface area contributed by atoms with Crippen molar-refractivity contribution in [2.45, 2.75) is 13.5 Å². The Morgan fingerprint density at radius 2 is 1.94 bits per heavy atom. The molecule has 0 spiro atoms. The predicted octanol–water partition coefficient (Wildman–Crippen LogP) is 3.43. The van der Waals surface area contributed by atoms with E-state index in [2.05, 4.69) is 0 Å². The van der Waals surface area contributed by atoms with Crippen molar-refractivity contribution < 1.29 is 13.5 Å². The van der Waals surface area contributed by atoms with E-state index in [0.717, 1.165) is 11.6 Å². The minimum Gasteiger partial charge on any atom is -0.487 e. The number of hydrogen-bond acceptors (Lipinski definition) is 2. The highest BCUT2D eigenvalue weighted by molar-refractivity contribution is 5.57. The molecule has 0 amide bonds. The van der Waals surface area contributed by atoms with Gasteiger partial charge in [-0.15, -0.1) is 0 Å². The summed E-state index contributed by atoms with van der Waals surface area (Å²) < 4.78 is 31.5. The van der Waals surface area contributed by atoms with Crippen LogP contribution in [-0.4, -0.2) is 0 Å². The number of ether oxygens (including phenoxy) is 1. The minimum absolute atomic E-state index is 0.0137. The van der Waals surface area contributed by atoms with Gasteiger partial charge in [-0.05, 0) is 30.7 Å². The molecule has 2 nitrogen and oxygen atoms in total. The van der Waals surface area contributed by atoms with Gasteiger partial charge in [-0.2, -0.15) is 0 Å². The fourth-order valence-corrected chi connectivity index (χ4v) is 1.57. The molecule has 0 aliphatic carbocycles. The highest BCUT2D eigenvalue weighted by atomic mass is 19.1. The molecule has 0 saturated heterocycles. The van der Waals surface area contributed by atoms with Crippen LogP contribution in [0.1, 0.15) is 11.1 Å². The first-order valence-corrected chi connectivity index (χ1v) is 5.50. The van der Waals surface area contributed by atoms with Gasteiger partial charge in [-0.1, -0.05) is 12.1 Å². The molecule has 94 valence electrons. The van der Waals surface area contributed by atoms with E-state index in [9.17, 15) is 8.78 Å². The molecule has 4 heteroatoms. The lowest BCUT2D eigenvalue weighted by molar-refractivity contribution is 0.301. The van der Waals surface area contributed by atoms with Gasteiger partial charge in [-0.25, -0.2) is 8.78 Å². The van der Waals surface area contributed by atoms with Crippen molar-refractivity contribution in [2.75, 3.05) is 5.73 Å². The lowest BCUT2D eigenvalue weighted by atomic mass is 10.2. The van der Waals surface area contributed by atoms with Gasteiger partial charge >= 0.3 is 0 Å². The van der Waals surface area contributed by atoms with Crippen molar-refractivity contribution in [1.29, 1.82) is 0 Å². The molecular formula is C14H13F2NO. The van der Waals surface area contributed by atoms with E-state index in [0.29, 0.717) is 11.4 Å². The maximum absolute atomic E-state index is 13.4. The Kier molecular flexibility index (Phi) is 3.46. The van der Waals surface area contributed by atoms with Crippen molar-refractivity contribution in [3.63, 3.8) is 0 Å². The Labute approximate surface area is 104 Å². The predicted molar refractivity (Wildman–Crippen MR) is 66.3 cm³/mol. The Morgan fingerprint density at radius 3 is 2.67 bits per heavy atom. The van der Waals surface area contributed by atoms with E-state index >= 15 is 0 Å². The monoisotopic (exact) mass is 249 g/mol. The summed E-state index contributed by atoms with van der Waals surface area (Å²) in [5.41, 5.74) is 7.54. The van der Waals surface area contributed by atoms with Crippen molar-refractivity contribution >= 4 is 5.69 Å². The van der Waals surface area contributed by atoms with Crippen LogP contribution in [0.3, 0.4) is 0 Å². The molecule has 0 aromatic heterocycles. The SMILES string of the molecule is Cc1cccc(OCc2ccc(F)cc2F)c1N. The first-order chi connectivity index (χ1) is 8.58. The number of nitrogens with two attached hydrogens (primary N) is 1. The van der Waals surface area contributed by atoms with Gasteiger partial charge in [0.05, 0.1) is 5.69 Å². The van der Waals surface area contributed by atoms with E-state index in [4.69, 9.17) is 10.5 Å². The van der Waals surface area contributed by atoms with Gasteiger partial charge in [0.1, 0.15) is 24.0 Å². The van der Waals surface area contributed by atoms with E-state index in [1.165, 1.54) is 12.1 Å². The summed E-state index contributed by atoms with van der Waals surface area (Å²) in [7, 11) is 0. The Morgan fingerprint density at radius 1 is 1.17 bits per heavy atom. The van der Waals surface area contributed by atoms with Crippen LogP contribution in [0, 0.1) is 18.6 Å². The van der Waals surface area contributed by atoms with E-state index in [-0.39, 0.29) is 12.2 Å². The van der Waals surface area contributed by atoms with Crippen LogP contribution >= 0.6 is 0 Å². The zero-order valence-corrected chi connectivity index (χ0v) is 9.91. The van der Waals surface area contributed by atoms with Crippen LogP contribution in [-0.2, 0) is 6.61 Å². The van der Waals surface area contributed by atoms with E-state index < -0.39 is 11.6 Å².